The molecule has 2 rings (SSSR count). The summed E-state index contributed by atoms with van der Waals surface area (Å²) in [6, 6.07) is 2.99. The molecule has 0 aliphatic carbocycles. The van der Waals surface area contributed by atoms with Crippen LogP contribution in [0.1, 0.15) is 35.9 Å². The van der Waals surface area contributed by atoms with Crippen molar-refractivity contribution >= 4 is 17.4 Å². The van der Waals surface area contributed by atoms with Crippen molar-refractivity contribution in [3.05, 3.63) is 52.3 Å². The van der Waals surface area contributed by atoms with E-state index in [9.17, 15) is 13.6 Å². The molecule has 0 aliphatic heterocycles. The van der Waals surface area contributed by atoms with Gasteiger partial charge in [0.25, 0.3) is 0 Å². The van der Waals surface area contributed by atoms with Crippen molar-refractivity contribution in [1.82, 2.24) is 9.78 Å². The van der Waals surface area contributed by atoms with Gasteiger partial charge in [-0.1, -0.05) is 11.6 Å². The second-order valence-corrected chi connectivity index (χ2v) is 5.16. The minimum absolute atomic E-state index is 0.0364. The van der Waals surface area contributed by atoms with Crippen molar-refractivity contribution in [3.63, 3.8) is 0 Å². The summed E-state index contributed by atoms with van der Waals surface area (Å²) in [5.74, 6) is -1.75. The second kappa shape index (κ2) is 5.71. The van der Waals surface area contributed by atoms with Crippen molar-refractivity contribution in [3.8, 4) is 0 Å². The topological polar surface area (TPSA) is 34.9 Å². The molecule has 1 aromatic carbocycles. The number of ketones is 1. The van der Waals surface area contributed by atoms with Crippen LogP contribution in [0.4, 0.5) is 8.78 Å². The van der Waals surface area contributed by atoms with Crippen LogP contribution in [0.2, 0.25) is 5.02 Å². The van der Waals surface area contributed by atoms with Crippen LogP contribution in [-0.4, -0.2) is 15.6 Å². The van der Waals surface area contributed by atoms with Gasteiger partial charge >= 0.3 is 0 Å². The molecule has 1 aromatic heterocycles. The molecule has 6 heteroatoms. The molecule has 0 atom stereocenters. The summed E-state index contributed by atoms with van der Waals surface area (Å²) in [5, 5.41) is 4.27. The number of aromatic nitrogens is 2. The number of carbonyl (C=O) groups is 1. The molecule has 0 fully saturated rings. The van der Waals surface area contributed by atoms with Crippen molar-refractivity contribution in [1.29, 1.82) is 0 Å². The molecule has 1 heterocycles. The van der Waals surface area contributed by atoms with Crippen molar-refractivity contribution in [2.24, 2.45) is 0 Å². The Balaban J connectivity index is 2.31. The fourth-order valence-electron chi connectivity index (χ4n) is 1.98. The molecule has 0 spiro atoms. The van der Waals surface area contributed by atoms with Gasteiger partial charge in [0.15, 0.2) is 5.78 Å². The molecule has 0 N–H and O–H groups in total. The smallest absolute Gasteiger partial charge is 0.186 e. The predicted octanol–water partition coefficient (Wildman–Crippen LogP) is 3.82. The SMILES string of the molecule is CC(C)n1ncc(Cl)c1C(=O)Cc1cc(F)cc(F)c1. The van der Waals surface area contributed by atoms with Crippen molar-refractivity contribution < 1.29 is 13.6 Å². The van der Waals surface area contributed by atoms with Crippen LogP contribution in [0.25, 0.3) is 0 Å². The molecule has 3 nitrogen and oxygen atoms in total. The van der Waals surface area contributed by atoms with Gasteiger partial charge in [-0.05, 0) is 31.5 Å². The summed E-state index contributed by atoms with van der Waals surface area (Å²) in [6.45, 7) is 3.73. The second-order valence-electron chi connectivity index (χ2n) is 4.76. The highest BCUT2D eigenvalue weighted by molar-refractivity contribution is 6.33. The summed E-state index contributed by atoms with van der Waals surface area (Å²) in [6.07, 6.45) is 1.26. The molecule has 0 unspecified atom stereocenters. The lowest BCUT2D eigenvalue weighted by atomic mass is 10.1. The van der Waals surface area contributed by atoms with Crippen molar-refractivity contribution in [2.45, 2.75) is 26.3 Å². The van der Waals surface area contributed by atoms with Crippen LogP contribution in [-0.2, 0) is 6.42 Å². The Morgan fingerprint density at radius 3 is 2.45 bits per heavy atom. The van der Waals surface area contributed by atoms with Gasteiger partial charge in [0, 0.05) is 18.5 Å². The number of hydrogen-bond acceptors (Lipinski definition) is 2. The predicted molar refractivity (Wildman–Crippen MR) is 72.0 cm³/mol. The lowest BCUT2D eigenvalue weighted by Crippen LogP contribution is -2.15. The van der Waals surface area contributed by atoms with Crippen LogP contribution in [0.15, 0.2) is 24.4 Å². The summed E-state index contributed by atoms with van der Waals surface area (Å²) in [5.41, 5.74) is 0.520. The first kappa shape index (κ1) is 14.7. The fraction of sp³-hybridized carbons (Fsp3) is 0.286. The van der Waals surface area contributed by atoms with E-state index >= 15 is 0 Å². The molecule has 0 amide bonds. The first-order chi connectivity index (χ1) is 9.38. The van der Waals surface area contributed by atoms with E-state index in [2.05, 4.69) is 5.10 Å². The third-order valence-corrected chi connectivity index (χ3v) is 3.07. The Kier molecular flexibility index (Phi) is 4.18. The van der Waals surface area contributed by atoms with Crippen LogP contribution in [0, 0.1) is 11.6 Å². The highest BCUT2D eigenvalue weighted by Crippen LogP contribution is 2.21. The minimum atomic E-state index is -0.712. The summed E-state index contributed by atoms with van der Waals surface area (Å²) in [4.78, 5) is 12.3. The monoisotopic (exact) mass is 298 g/mol. The van der Waals surface area contributed by atoms with Gasteiger partial charge in [-0.25, -0.2) is 8.78 Å². The molecular weight excluding hydrogens is 286 g/mol. The molecule has 0 aliphatic rings. The van der Waals surface area contributed by atoms with Crippen LogP contribution in [0.3, 0.4) is 0 Å². The molecule has 0 saturated carbocycles. The molecule has 2 aromatic rings. The lowest BCUT2D eigenvalue weighted by Gasteiger charge is -2.10. The number of halogens is 3. The number of rotatable bonds is 4. The van der Waals surface area contributed by atoms with Gasteiger partial charge < -0.3 is 0 Å². The third kappa shape index (κ3) is 3.04. The van der Waals surface area contributed by atoms with Gasteiger partial charge in [0.1, 0.15) is 17.3 Å². The zero-order valence-electron chi connectivity index (χ0n) is 11.0. The quantitative estimate of drug-likeness (QED) is 0.804. The van der Waals surface area contributed by atoms with E-state index in [1.54, 1.807) is 0 Å². The van der Waals surface area contributed by atoms with E-state index in [-0.39, 0.29) is 34.5 Å². The average Bonchev–Trinajstić information content (AvgIpc) is 2.69. The zero-order valence-corrected chi connectivity index (χ0v) is 11.8. The number of benzene rings is 1. The first-order valence-corrected chi connectivity index (χ1v) is 6.47. The molecular formula is C14H13ClF2N2O. The Hall–Kier alpha value is -1.75. The van der Waals surface area contributed by atoms with Gasteiger partial charge in [0.05, 0.1) is 11.2 Å². The highest BCUT2D eigenvalue weighted by Gasteiger charge is 2.19. The number of nitrogens with zero attached hydrogens (tertiary/aromatic N) is 2. The first-order valence-electron chi connectivity index (χ1n) is 6.09. The molecule has 0 bridgehead atoms. The average molecular weight is 299 g/mol. The van der Waals surface area contributed by atoms with E-state index in [0.717, 1.165) is 18.2 Å². The minimum Gasteiger partial charge on any atom is -0.292 e. The van der Waals surface area contributed by atoms with E-state index < -0.39 is 11.6 Å². The van der Waals surface area contributed by atoms with E-state index in [1.165, 1.54) is 10.9 Å². The van der Waals surface area contributed by atoms with E-state index in [1.807, 2.05) is 13.8 Å². The third-order valence-electron chi connectivity index (χ3n) is 2.79. The molecule has 20 heavy (non-hydrogen) atoms. The Morgan fingerprint density at radius 1 is 1.30 bits per heavy atom. The van der Waals surface area contributed by atoms with Crippen LogP contribution >= 0.6 is 11.6 Å². The molecule has 0 saturated heterocycles. The molecule has 106 valence electrons. The lowest BCUT2D eigenvalue weighted by molar-refractivity contribution is 0.0981. The van der Waals surface area contributed by atoms with Crippen molar-refractivity contribution in [2.75, 3.05) is 0 Å². The molecule has 0 radical (unpaired) electrons. The van der Waals surface area contributed by atoms with E-state index in [4.69, 9.17) is 11.6 Å². The highest BCUT2D eigenvalue weighted by atomic mass is 35.5. The summed E-state index contributed by atoms with van der Waals surface area (Å²) >= 11 is 5.96. The zero-order chi connectivity index (χ0) is 14.9. The standard InChI is InChI=1S/C14H13ClF2N2O/c1-8(2)19-14(12(15)7-18-19)13(20)5-9-3-10(16)6-11(17)4-9/h3-4,6-8H,5H2,1-2H3. The van der Waals surface area contributed by atoms with Gasteiger partial charge in [-0.3, -0.25) is 9.48 Å². The Morgan fingerprint density at radius 2 is 1.90 bits per heavy atom. The number of Topliss-reactive ketones (excluding diaryl/α,β-unsaturated/α-hetero) is 1. The van der Waals surface area contributed by atoms with Gasteiger partial charge in [-0.15, -0.1) is 0 Å². The summed E-state index contributed by atoms with van der Waals surface area (Å²) in [7, 11) is 0. The maximum atomic E-state index is 13.1. The summed E-state index contributed by atoms with van der Waals surface area (Å²) < 4.78 is 27.7. The maximum absolute atomic E-state index is 13.1. The van der Waals surface area contributed by atoms with Gasteiger partial charge in [-0.2, -0.15) is 5.10 Å². The van der Waals surface area contributed by atoms with Crippen LogP contribution in [0.5, 0.6) is 0 Å². The van der Waals surface area contributed by atoms with Gasteiger partial charge in [0.2, 0.25) is 0 Å². The van der Waals surface area contributed by atoms with Crippen LogP contribution < -0.4 is 0 Å². The van der Waals surface area contributed by atoms with E-state index in [0.29, 0.717) is 0 Å². The number of hydrogen-bond donors (Lipinski definition) is 0. The largest absolute Gasteiger partial charge is 0.292 e. The Labute approximate surface area is 120 Å². The fourth-order valence-corrected chi connectivity index (χ4v) is 2.21. The normalized spacial score (nSPS) is 11.1. The Bertz CT molecular complexity index is 632. The number of carbonyl (C=O) groups excluding carboxylic acids is 1. The maximum Gasteiger partial charge on any atom is 0.186 e.